The lowest BCUT2D eigenvalue weighted by Crippen LogP contribution is -2.17. The number of benzene rings is 2. The van der Waals surface area contributed by atoms with Gasteiger partial charge >= 0.3 is 18.4 Å². The lowest BCUT2D eigenvalue weighted by atomic mass is 9.99. The predicted octanol–water partition coefficient (Wildman–Crippen LogP) is 8.64. The van der Waals surface area contributed by atoms with Gasteiger partial charge in [-0.15, -0.1) is 0 Å². The number of hydrogen-bond acceptors (Lipinski definition) is 4. The molecule has 1 aromatic heterocycles. The quantitative estimate of drug-likeness (QED) is 0.0679. The van der Waals surface area contributed by atoms with E-state index in [4.69, 9.17) is 6.57 Å². The first-order valence-electron chi connectivity index (χ1n) is 11.8. The first-order valence-corrected chi connectivity index (χ1v) is 11.8. The number of nitriles is 2. The van der Waals surface area contributed by atoms with Crippen LogP contribution in [0.1, 0.15) is 27.9 Å². The maximum atomic E-state index is 15.0. The second kappa shape index (κ2) is 11.9. The summed E-state index contributed by atoms with van der Waals surface area (Å²) in [6, 6.07) is 1.68. The molecule has 3 aromatic rings. The average Bonchev–Trinajstić information content (AvgIpc) is 3.70. The molecule has 0 radical (unpaired) electrons. The number of nitrogens with zero attached hydrogens (tertiary/aromatic N) is 5. The molecule has 0 spiro atoms. The Balaban J connectivity index is 2.32. The Bertz CT molecular complexity index is 2060. The number of rotatable bonds is 3. The van der Waals surface area contributed by atoms with Gasteiger partial charge in [0.25, 0.3) is 5.95 Å². The van der Waals surface area contributed by atoms with Crippen LogP contribution in [0, 0.1) is 93.6 Å². The minimum absolute atomic E-state index is 0.759. The van der Waals surface area contributed by atoms with Crippen LogP contribution in [-0.2, 0) is 12.4 Å². The monoisotopic (exact) mass is 717 g/mol. The molecule has 252 valence electrons. The van der Waals surface area contributed by atoms with Crippen molar-refractivity contribution in [3.05, 3.63) is 120 Å². The zero-order valence-electron chi connectivity index (χ0n) is 22.2. The molecule has 0 N–H and O–H groups in total. The van der Waals surface area contributed by atoms with E-state index in [1.54, 1.807) is 0 Å². The van der Waals surface area contributed by atoms with Crippen LogP contribution >= 0.6 is 0 Å². The van der Waals surface area contributed by atoms with Crippen LogP contribution in [0.3, 0.4) is 0 Å². The minimum Gasteiger partial charge on any atom is -0.237 e. The summed E-state index contributed by atoms with van der Waals surface area (Å²) in [6.07, 6.45) is -14.5. The summed E-state index contributed by atoms with van der Waals surface area (Å²) in [5, 5.41) is 19.3. The van der Waals surface area contributed by atoms with Gasteiger partial charge in [0, 0.05) is 0 Å². The Morgan fingerprint density at radius 3 is 1.29 bits per heavy atom. The first-order chi connectivity index (χ1) is 22.6. The van der Waals surface area contributed by atoms with Gasteiger partial charge < -0.3 is 0 Å². The van der Waals surface area contributed by atoms with Gasteiger partial charge in [0.15, 0.2) is 46.5 Å². The van der Waals surface area contributed by atoms with Crippen molar-refractivity contribution in [1.82, 2.24) is 9.97 Å². The third-order valence-corrected chi connectivity index (χ3v) is 6.36. The fourth-order valence-electron chi connectivity index (χ4n) is 4.37. The molecule has 0 atom stereocenters. The summed E-state index contributed by atoms with van der Waals surface area (Å²) < 4.78 is 239. The molecule has 4 rings (SSSR count). The molecule has 1 heterocycles. The number of aromatic nitrogens is 2. The summed E-state index contributed by atoms with van der Waals surface area (Å²) in [5.41, 5.74) is -23.7. The SMILES string of the molecule is [C-]#[N+]C(=C1C(=C(C#N)c2nc(F)nc(F)c2F)C1=C(C#N)c1c(F)c(F)c(C(F)(F)F)c(F)c1F)c1c(F)c(F)c(C(F)(F)F)c(F)c1F. The topological polar surface area (TPSA) is 77.7 Å². The van der Waals surface area contributed by atoms with Crippen molar-refractivity contribution >= 4 is 16.8 Å². The molecular weight excluding hydrogens is 717 g/mol. The lowest BCUT2D eigenvalue weighted by Gasteiger charge is -2.14. The van der Waals surface area contributed by atoms with Crippen molar-refractivity contribution in [3.63, 3.8) is 0 Å². The molecule has 22 heteroatoms. The highest BCUT2D eigenvalue weighted by Gasteiger charge is 2.49. The van der Waals surface area contributed by atoms with Gasteiger partial charge in [0.2, 0.25) is 11.5 Å². The average molecular weight is 717 g/mol. The Kier molecular flexibility index (Phi) is 8.72. The lowest BCUT2D eigenvalue weighted by molar-refractivity contribution is -0.144. The van der Waals surface area contributed by atoms with Crippen molar-refractivity contribution in [3.8, 4) is 12.1 Å². The highest BCUT2D eigenvalue weighted by atomic mass is 19.4. The molecule has 1 fully saturated rings. The summed E-state index contributed by atoms with van der Waals surface area (Å²) in [5.74, 6) is -29.9. The van der Waals surface area contributed by atoms with Gasteiger partial charge in [-0.3, -0.25) is 0 Å². The third-order valence-electron chi connectivity index (χ3n) is 6.36. The predicted molar refractivity (Wildman–Crippen MR) is 123 cm³/mol. The van der Waals surface area contributed by atoms with E-state index in [9.17, 15) is 85.2 Å². The molecular formula is C27F17N5. The summed E-state index contributed by atoms with van der Waals surface area (Å²) in [4.78, 5) is 7.38. The molecule has 0 aliphatic heterocycles. The minimum atomic E-state index is -6.15. The van der Waals surface area contributed by atoms with Crippen molar-refractivity contribution < 1.29 is 74.6 Å². The van der Waals surface area contributed by atoms with Gasteiger partial charge in [-0.1, -0.05) is 0 Å². The summed E-state index contributed by atoms with van der Waals surface area (Å²) in [7, 11) is 0. The third kappa shape index (κ3) is 5.56. The van der Waals surface area contributed by atoms with E-state index in [1.807, 2.05) is 0 Å². The van der Waals surface area contributed by atoms with Crippen LogP contribution < -0.4 is 0 Å². The molecule has 49 heavy (non-hydrogen) atoms. The van der Waals surface area contributed by atoms with Gasteiger partial charge in [-0.2, -0.15) is 60.0 Å². The van der Waals surface area contributed by atoms with E-state index in [1.165, 1.54) is 0 Å². The van der Waals surface area contributed by atoms with Crippen LogP contribution in [0.5, 0.6) is 0 Å². The molecule has 0 bridgehead atoms. The fourth-order valence-corrected chi connectivity index (χ4v) is 4.37. The Hall–Kier alpha value is -5.98. The van der Waals surface area contributed by atoms with Crippen LogP contribution in [-0.4, -0.2) is 9.97 Å². The molecule has 2 aromatic carbocycles. The zero-order valence-corrected chi connectivity index (χ0v) is 22.2. The van der Waals surface area contributed by atoms with Gasteiger partial charge in [-0.05, 0) is 16.7 Å². The van der Waals surface area contributed by atoms with E-state index in [0.717, 1.165) is 12.1 Å². The smallest absolute Gasteiger partial charge is 0.237 e. The van der Waals surface area contributed by atoms with Crippen molar-refractivity contribution in [2.45, 2.75) is 12.4 Å². The highest BCUT2D eigenvalue weighted by molar-refractivity contribution is 6.11. The number of hydrogen-bond donors (Lipinski definition) is 0. The largest absolute Gasteiger partial charge is 0.422 e. The highest BCUT2D eigenvalue weighted by Crippen LogP contribution is 2.57. The van der Waals surface area contributed by atoms with Crippen molar-refractivity contribution in [1.29, 1.82) is 10.5 Å². The molecule has 5 nitrogen and oxygen atoms in total. The second-order valence-corrected chi connectivity index (χ2v) is 9.01. The Morgan fingerprint density at radius 1 is 0.531 bits per heavy atom. The van der Waals surface area contributed by atoms with Crippen LogP contribution in [0.25, 0.3) is 21.7 Å². The first kappa shape index (κ1) is 35.9. The van der Waals surface area contributed by atoms with Crippen LogP contribution in [0.15, 0.2) is 16.7 Å². The van der Waals surface area contributed by atoms with Gasteiger partial charge in [0.1, 0.15) is 29.0 Å². The second-order valence-electron chi connectivity index (χ2n) is 9.01. The summed E-state index contributed by atoms with van der Waals surface area (Å²) >= 11 is 0. The fraction of sp³-hybridized carbons (Fsp3) is 0.0741. The molecule has 1 saturated carbocycles. The van der Waals surface area contributed by atoms with E-state index in [0.29, 0.717) is 0 Å². The van der Waals surface area contributed by atoms with E-state index >= 15 is 0 Å². The van der Waals surface area contributed by atoms with Gasteiger partial charge in [0.05, 0.1) is 28.8 Å². The maximum Gasteiger partial charge on any atom is 0.422 e. The number of halogens is 17. The van der Waals surface area contributed by atoms with Crippen molar-refractivity contribution in [2.75, 3.05) is 0 Å². The van der Waals surface area contributed by atoms with Crippen LogP contribution in [0.4, 0.5) is 74.6 Å². The Labute approximate surface area is 257 Å². The number of allylic oxidation sites excluding steroid dienone is 5. The van der Waals surface area contributed by atoms with Gasteiger partial charge in [-0.25, -0.2) is 40.0 Å². The van der Waals surface area contributed by atoms with Crippen molar-refractivity contribution in [2.24, 2.45) is 0 Å². The summed E-state index contributed by atoms with van der Waals surface area (Å²) in [6.45, 7) is 7.27. The number of alkyl halides is 6. The zero-order chi connectivity index (χ0) is 37.2. The maximum absolute atomic E-state index is 15.0. The molecule has 0 unspecified atom stereocenters. The molecule has 1 aliphatic carbocycles. The molecule has 0 amide bonds. The van der Waals surface area contributed by atoms with E-state index < -0.39 is 138 Å². The molecule has 0 saturated heterocycles. The Morgan fingerprint density at radius 2 is 0.918 bits per heavy atom. The van der Waals surface area contributed by atoms with Crippen LogP contribution in [0.2, 0.25) is 0 Å². The normalized spacial score (nSPS) is 16.1. The standard InChI is InChI=1S/C27F17N5/c1-47-23(10-15(30)19(34)12(27(42,43)44)20(35)16(10)31)9-6(7(9)5(3-46)22-21(36)24(37)49-25(38)48-22)4(2-45)8-13(28)17(32)11(26(39,40)41)18(33)14(8)29. The van der Waals surface area contributed by atoms with E-state index in [2.05, 4.69) is 14.8 Å². The molecule has 1 aliphatic rings. The van der Waals surface area contributed by atoms with E-state index in [-0.39, 0.29) is 0 Å².